The van der Waals surface area contributed by atoms with E-state index in [0.29, 0.717) is 22.9 Å². The van der Waals surface area contributed by atoms with E-state index in [-0.39, 0.29) is 11.6 Å². The molecule has 7 heteroatoms. The topological polar surface area (TPSA) is 82.6 Å². The van der Waals surface area contributed by atoms with Gasteiger partial charge in [-0.05, 0) is 19.1 Å². The average molecular weight is 303 g/mol. The number of benzene rings is 1. The number of aryl methyl sites for hydroxylation is 1. The van der Waals surface area contributed by atoms with Crippen LogP contribution in [0.5, 0.6) is 17.2 Å². The molecular weight excluding hydrogens is 286 g/mol. The van der Waals surface area contributed by atoms with Crippen LogP contribution in [0.15, 0.2) is 24.3 Å². The Bertz CT molecular complexity index is 646. The summed E-state index contributed by atoms with van der Waals surface area (Å²) in [6.07, 6.45) is 0. The van der Waals surface area contributed by atoms with Crippen molar-refractivity contribution >= 4 is 11.6 Å². The Morgan fingerprint density at radius 3 is 2.09 bits per heavy atom. The summed E-state index contributed by atoms with van der Waals surface area (Å²) >= 11 is 0. The zero-order valence-electron chi connectivity index (χ0n) is 12.8. The second kappa shape index (κ2) is 6.75. The van der Waals surface area contributed by atoms with Gasteiger partial charge in [0.2, 0.25) is 5.75 Å². The molecule has 116 valence electrons. The van der Waals surface area contributed by atoms with E-state index < -0.39 is 0 Å². The van der Waals surface area contributed by atoms with Gasteiger partial charge in [0.05, 0.1) is 27.0 Å². The molecule has 2 rings (SSSR count). The van der Waals surface area contributed by atoms with Crippen molar-refractivity contribution in [3.8, 4) is 17.2 Å². The molecule has 0 aliphatic rings. The number of nitrogens with one attached hydrogen (secondary N) is 1. The van der Waals surface area contributed by atoms with Crippen molar-refractivity contribution < 1.29 is 19.0 Å². The highest BCUT2D eigenvalue weighted by Crippen LogP contribution is 2.39. The molecule has 22 heavy (non-hydrogen) atoms. The van der Waals surface area contributed by atoms with Gasteiger partial charge in [-0.3, -0.25) is 4.79 Å². The standard InChI is InChI=1S/C15H17N3O4/c1-9-5-6-11(18-17-9)15(19)16-10-7-12(20-2)14(22-4)13(8-10)21-3/h5-8H,1-4H3,(H,16,19). The smallest absolute Gasteiger partial charge is 0.276 e. The molecule has 0 spiro atoms. The maximum Gasteiger partial charge on any atom is 0.276 e. The summed E-state index contributed by atoms with van der Waals surface area (Å²) in [7, 11) is 4.53. The summed E-state index contributed by atoms with van der Waals surface area (Å²) in [5, 5.41) is 10.4. The number of hydrogen-bond donors (Lipinski definition) is 1. The molecule has 0 saturated heterocycles. The third-order valence-electron chi connectivity index (χ3n) is 2.95. The van der Waals surface area contributed by atoms with Gasteiger partial charge >= 0.3 is 0 Å². The van der Waals surface area contributed by atoms with E-state index in [1.807, 2.05) is 0 Å². The average Bonchev–Trinajstić information content (AvgIpc) is 2.54. The van der Waals surface area contributed by atoms with Crippen LogP contribution in [0.2, 0.25) is 0 Å². The number of methoxy groups -OCH3 is 3. The predicted octanol–water partition coefficient (Wildman–Crippen LogP) is 2.06. The minimum absolute atomic E-state index is 0.222. The Hall–Kier alpha value is -2.83. The first-order valence-corrected chi connectivity index (χ1v) is 6.50. The van der Waals surface area contributed by atoms with E-state index in [4.69, 9.17) is 14.2 Å². The Morgan fingerprint density at radius 2 is 1.64 bits per heavy atom. The molecule has 0 bridgehead atoms. The lowest BCUT2D eigenvalue weighted by atomic mass is 10.2. The second-order valence-electron chi connectivity index (χ2n) is 4.43. The Balaban J connectivity index is 2.29. The van der Waals surface area contributed by atoms with Gasteiger partial charge in [0, 0.05) is 17.8 Å². The molecule has 0 aliphatic carbocycles. The van der Waals surface area contributed by atoms with E-state index in [0.717, 1.165) is 5.69 Å². The maximum atomic E-state index is 12.2. The highest BCUT2D eigenvalue weighted by atomic mass is 16.5. The SMILES string of the molecule is COc1cc(NC(=O)c2ccc(C)nn2)cc(OC)c1OC. The summed E-state index contributed by atoms with van der Waals surface area (Å²) in [4.78, 5) is 12.2. The number of amides is 1. The Morgan fingerprint density at radius 1 is 1.00 bits per heavy atom. The van der Waals surface area contributed by atoms with Crippen molar-refractivity contribution in [1.29, 1.82) is 0 Å². The van der Waals surface area contributed by atoms with Gasteiger partial charge in [-0.1, -0.05) is 0 Å². The molecule has 0 saturated carbocycles. The van der Waals surface area contributed by atoms with Gasteiger partial charge in [-0.2, -0.15) is 5.10 Å². The van der Waals surface area contributed by atoms with Crippen molar-refractivity contribution in [3.05, 3.63) is 35.7 Å². The largest absolute Gasteiger partial charge is 0.493 e. The van der Waals surface area contributed by atoms with Crippen LogP contribution in [0.3, 0.4) is 0 Å². The van der Waals surface area contributed by atoms with E-state index >= 15 is 0 Å². The molecule has 0 radical (unpaired) electrons. The number of rotatable bonds is 5. The summed E-state index contributed by atoms with van der Waals surface area (Å²) in [5.41, 5.74) is 1.46. The van der Waals surface area contributed by atoms with Crippen LogP contribution in [0.1, 0.15) is 16.2 Å². The van der Waals surface area contributed by atoms with E-state index in [1.165, 1.54) is 21.3 Å². The molecular formula is C15H17N3O4. The zero-order valence-corrected chi connectivity index (χ0v) is 12.8. The third kappa shape index (κ3) is 3.25. The van der Waals surface area contributed by atoms with Crippen LogP contribution in [0, 0.1) is 6.92 Å². The van der Waals surface area contributed by atoms with Gasteiger partial charge in [0.25, 0.3) is 5.91 Å². The van der Waals surface area contributed by atoms with Crippen molar-refractivity contribution in [2.24, 2.45) is 0 Å². The fourth-order valence-corrected chi connectivity index (χ4v) is 1.87. The van der Waals surface area contributed by atoms with Crippen LogP contribution < -0.4 is 19.5 Å². The van der Waals surface area contributed by atoms with Crippen LogP contribution in [0.25, 0.3) is 0 Å². The number of aromatic nitrogens is 2. The van der Waals surface area contributed by atoms with Gasteiger partial charge in [-0.25, -0.2) is 0 Å². The number of carbonyl (C=O) groups excluding carboxylic acids is 1. The van der Waals surface area contributed by atoms with Crippen LogP contribution in [0.4, 0.5) is 5.69 Å². The molecule has 0 aliphatic heterocycles. The molecule has 1 N–H and O–H groups in total. The van der Waals surface area contributed by atoms with Gasteiger partial charge < -0.3 is 19.5 Å². The molecule has 0 fully saturated rings. The molecule has 0 atom stereocenters. The first-order valence-electron chi connectivity index (χ1n) is 6.50. The second-order valence-corrected chi connectivity index (χ2v) is 4.43. The van der Waals surface area contributed by atoms with Crippen LogP contribution in [-0.2, 0) is 0 Å². The first kappa shape index (κ1) is 15.6. The van der Waals surface area contributed by atoms with Crippen molar-refractivity contribution in [1.82, 2.24) is 10.2 Å². The minimum atomic E-state index is -0.373. The van der Waals surface area contributed by atoms with Crippen LogP contribution in [-0.4, -0.2) is 37.4 Å². The van der Waals surface area contributed by atoms with E-state index in [1.54, 1.807) is 31.2 Å². The molecule has 1 aromatic carbocycles. The summed E-state index contributed by atoms with van der Waals surface area (Å²) < 4.78 is 15.7. The Kier molecular flexibility index (Phi) is 4.77. The minimum Gasteiger partial charge on any atom is -0.493 e. The highest BCUT2D eigenvalue weighted by Gasteiger charge is 2.15. The number of ether oxygens (including phenoxy) is 3. The quantitative estimate of drug-likeness (QED) is 0.910. The van der Waals surface area contributed by atoms with Crippen molar-refractivity contribution in [2.45, 2.75) is 6.92 Å². The van der Waals surface area contributed by atoms with Crippen LogP contribution >= 0.6 is 0 Å². The van der Waals surface area contributed by atoms with Gasteiger partial charge in [0.1, 0.15) is 0 Å². The third-order valence-corrected chi connectivity index (χ3v) is 2.95. The molecule has 1 amide bonds. The fraction of sp³-hybridized carbons (Fsp3) is 0.267. The Labute approximate surface area is 128 Å². The highest BCUT2D eigenvalue weighted by molar-refractivity contribution is 6.03. The summed E-state index contributed by atoms with van der Waals surface area (Å²) in [6, 6.07) is 6.61. The first-order chi connectivity index (χ1) is 10.6. The fourth-order valence-electron chi connectivity index (χ4n) is 1.87. The normalized spacial score (nSPS) is 10.0. The summed E-state index contributed by atoms with van der Waals surface area (Å²) in [6.45, 7) is 1.80. The van der Waals surface area contributed by atoms with E-state index in [9.17, 15) is 4.79 Å². The number of anilines is 1. The molecule has 1 heterocycles. The van der Waals surface area contributed by atoms with Crippen molar-refractivity contribution in [2.75, 3.05) is 26.6 Å². The lowest BCUT2D eigenvalue weighted by molar-refractivity contribution is 0.102. The summed E-state index contributed by atoms with van der Waals surface area (Å²) in [5.74, 6) is 0.985. The number of carbonyl (C=O) groups is 1. The monoisotopic (exact) mass is 303 g/mol. The molecule has 0 unspecified atom stereocenters. The van der Waals surface area contributed by atoms with Gasteiger partial charge in [-0.15, -0.1) is 5.10 Å². The zero-order chi connectivity index (χ0) is 16.1. The predicted molar refractivity (Wildman–Crippen MR) is 80.8 cm³/mol. The van der Waals surface area contributed by atoms with Gasteiger partial charge in [0.15, 0.2) is 17.2 Å². The molecule has 1 aromatic heterocycles. The molecule has 2 aromatic rings. The number of hydrogen-bond acceptors (Lipinski definition) is 6. The molecule has 7 nitrogen and oxygen atoms in total. The number of nitrogens with zero attached hydrogens (tertiary/aromatic N) is 2. The van der Waals surface area contributed by atoms with E-state index in [2.05, 4.69) is 15.5 Å². The maximum absolute atomic E-state index is 12.2. The van der Waals surface area contributed by atoms with Crippen molar-refractivity contribution in [3.63, 3.8) is 0 Å². The lowest BCUT2D eigenvalue weighted by Gasteiger charge is -2.14. The lowest BCUT2D eigenvalue weighted by Crippen LogP contribution is -2.14.